The number of aromatic amines is 1. The Bertz CT molecular complexity index is 1130. The van der Waals surface area contributed by atoms with E-state index in [1.807, 2.05) is 11.7 Å². The van der Waals surface area contributed by atoms with Crippen LogP contribution in [0.2, 0.25) is 0 Å². The van der Waals surface area contributed by atoms with Gasteiger partial charge in [-0.3, -0.25) is 14.4 Å². The van der Waals surface area contributed by atoms with Gasteiger partial charge in [-0.05, 0) is 6.92 Å². The largest absolute Gasteiger partial charge is 0.378 e. The second kappa shape index (κ2) is 8.20. The standard InChI is InChI=1S/C21H26N8O2/c1-14-16(21(27(2)26-14)29-5-7-31-8-6-29)11-28-4-3-18-17(12-28)20(30)25-19(24-18)15-9-22-13-23-10-15/h9-10,13H,3-8,11-12H2,1-2H3,(H,24,25,30). The van der Waals surface area contributed by atoms with Crippen LogP contribution < -0.4 is 10.5 Å². The highest BCUT2D eigenvalue weighted by atomic mass is 16.5. The fourth-order valence-electron chi connectivity index (χ4n) is 4.44. The molecule has 0 saturated carbocycles. The van der Waals surface area contributed by atoms with Gasteiger partial charge in [0.15, 0.2) is 0 Å². The minimum Gasteiger partial charge on any atom is -0.378 e. The van der Waals surface area contributed by atoms with E-state index in [-0.39, 0.29) is 5.56 Å². The van der Waals surface area contributed by atoms with Crippen LogP contribution in [0.3, 0.4) is 0 Å². The van der Waals surface area contributed by atoms with Crippen LogP contribution in [0, 0.1) is 6.92 Å². The highest BCUT2D eigenvalue weighted by Crippen LogP contribution is 2.27. The van der Waals surface area contributed by atoms with Crippen LogP contribution in [0.4, 0.5) is 5.82 Å². The van der Waals surface area contributed by atoms with E-state index in [4.69, 9.17) is 9.72 Å². The average Bonchev–Trinajstić information content (AvgIpc) is 3.07. The molecule has 1 fully saturated rings. The van der Waals surface area contributed by atoms with Crippen molar-refractivity contribution in [3.05, 3.63) is 51.6 Å². The number of rotatable bonds is 4. The molecule has 1 N–H and O–H groups in total. The second-order valence-corrected chi connectivity index (χ2v) is 8.04. The summed E-state index contributed by atoms with van der Waals surface area (Å²) < 4.78 is 7.49. The number of aromatic nitrogens is 6. The van der Waals surface area contributed by atoms with Crippen LogP contribution >= 0.6 is 0 Å². The normalized spacial score (nSPS) is 17.0. The van der Waals surface area contributed by atoms with Crippen LogP contribution in [-0.4, -0.2) is 67.5 Å². The number of aryl methyl sites for hydroxylation is 2. The molecule has 2 aliphatic heterocycles. The molecule has 0 bridgehead atoms. The Morgan fingerprint density at radius 3 is 2.71 bits per heavy atom. The zero-order chi connectivity index (χ0) is 21.4. The van der Waals surface area contributed by atoms with E-state index < -0.39 is 0 Å². The molecule has 0 radical (unpaired) electrons. The molecule has 5 rings (SSSR count). The summed E-state index contributed by atoms with van der Waals surface area (Å²) in [6, 6.07) is 0. The van der Waals surface area contributed by atoms with Gasteiger partial charge in [-0.15, -0.1) is 0 Å². The molecule has 10 nitrogen and oxygen atoms in total. The van der Waals surface area contributed by atoms with Gasteiger partial charge in [0.1, 0.15) is 18.0 Å². The van der Waals surface area contributed by atoms with Gasteiger partial charge in [0.05, 0.1) is 35.7 Å². The molecular weight excluding hydrogens is 396 g/mol. The molecule has 1 saturated heterocycles. The summed E-state index contributed by atoms with van der Waals surface area (Å²) >= 11 is 0. The summed E-state index contributed by atoms with van der Waals surface area (Å²) in [5.41, 5.74) is 4.46. The van der Waals surface area contributed by atoms with Gasteiger partial charge in [-0.2, -0.15) is 5.10 Å². The predicted octanol–water partition coefficient (Wildman–Crippen LogP) is 0.664. The fraction of sp³-hybridized carbons (Fsp3) is 0.476. The summed E-state index contributed by atoms with van der Waals surface area (Å²) in [6.45, 7) is 7.41. The maximum atomic E-state index is 12.8. The SMILES string of the molecule is Cc1nn(C)c(N2CCOCC2)c1CN1CCc2nc(-c3cncnc3)[nH]c(=O)c2C1. The summed E-state index contributed by atoms with van der Waals surface area (Å²) in [7, 11) is 2.00. The lowest BCUT2D eigenvalue weighted by molar-refractivity contribution is 0.122. The van der Waals surface area contributed by atoms with Crippen LogP contribution in [0.5, 0.6) is 0 Å². The first-order valence-electron chi connectivity index (χ1n) is 10.5. The third-order valence-corrected chi connectivity index (χ3v) is 5.99. The topological polar surface area (TPSA) is 105 Å². The van der Waals surface area contributed by atoms with Crippen molar-refractivity contribution in [1.82, 2.24) is 34.6 Å². The summed E-state index contributed by atoms with van der Waals surface area (Å²) in [5, 5.41) is 4.67. The first-order valence-corrected chi connectivity index (χ1v) is 10.5. The molecule has 31 heavy (non-hydrogen) atoms. The Balaban J connectivity index is 1.39. The Morgan fingerprint density at radius 2 is 1.94 bits per heavy atom. The Morgan fingerprint density at radius 1 is 1.16 bits per heavy atom. The summed E-state index contributed by atoms with van der Waals surface area (Å²) in [4.78, 5) is 33.1. The fourth-order valence-corrected chi connectivity index (χ4v) is 4.44. The smallest absolute Gasteiger partial charge is 0.255 e. The minimum absolute atomic E-state index is 0.0927. The number of fused-ring (bicyclic) bond motifs is 1. The van der Waals surface area contributed by atoms with E-state index in [1.165, 1.54) is 11.9 Å². The molecule has 10 heteroatoms. The number of anilines is 1. The molecular formula is C21H26N8O2. The average molecular weight is 422 g/mol. The zero-order valence-corrected chi connectivity index (χ0v) is 17.8. The third kappa shape index (κ3) is 3.84. The molecule has 0 spiro atoms. The Kier molecular flexibility index (Phi) is 5.24. The van der Waals surface area contributed by atoms with E-state index in [0.29, 0.717) is 17.9 Å². The van der Waals surface area contributed by atoms with Crippen LogP contribution in [0.15, 0.2) is 23.5 Å². The van der Waals surface area contributed by atoms with E-state index in [9.17, 15) is 4.79 Å². The van der Waals surface area contributed by atoms with E-state index in [0.717, 1.165) is 68.6 Å². The van der Waals surface area contributed by atoms with Gasteiger partial charge >= 0.3 is 0 Å². The van der Waals surface area contributed by atoms with Gasteiger partial charge < -0.3 is 14.6 Å². The van der Waals surface area contributed by atoms with Crippen molar-refractivity contribution in [1.29, 1.82) is 0 Å². The lowest BCUT2D eigenvalue weighted by atomic mass is 10.1. The molecule has 0 aromatic carbocycles. The maximum Gasteiger partial charge on any atom is 0.255 e. The van der Waals surface area contributed by atoms with Crippen molar-refractivity contribution in [2.75, 3.05) is 37.7 Å². The molecule has 0 amide bonds. The zero-order valence-electron chi connectivity index (χ0n) is 17.8. The molecule has 5 heterocycles. The first kappa shape index (κ1) is 19.8. The van der Waals surface area contributed by atoms with E-state index in [1.54, 1.807) is 12.4 Å². The maximum absolute atomic E-state index is 12.8. The number of hydrogen-bond donors (Lipinski definition) is 1. The highest BCUT2D eigenvalue weighted by molar-refractivity contribution is 5.52. The quantitative estimate of drug-likeness (QED) is 0.654. The number of morpholine rings is 1. The minimum atomic E-state index is -0.0927. The van der Waals surface area contributed by atoms with Crippen molar-refractivity contribution < 1.29 is 4.74 Å². The molecule has 3 aromatic rings. The van der Waals surface area contributed by atoms with Crippen LogP contribution in [0.1, 0.15) is 22.5 Å². The number of nitrogens with zero attached hydrogens (tertiary/aromatic N) is 7. The van der Waals surface area contributed by atoms with Crippen molar-refractivity contribution in [2.24, 2.45) is 7.05 Å². The van der Waals surface area contributed by atoms with Gasteiger partial charge in [-0.25, -0.2) is 15.0 Å². The lowest BCUT2D eigenvalue weighted by Crippen LogP contribution is -2.39. The van der Waals surface area contributed by atoms with Crippen LogP contribution in [-0.2, 0) is 31.3 Å². The molecule has 3 aromatic heterocycles. The monoisotopic (exact) mass is 422 g/mol. The lowest BCUT2D eigenvalue weighted by Gasteiger charge is -2.32. The number of nitrogens with one attached hydrogen (secondary N) is 1. The molecule has 2 aliphatic rings. The van der Waals surface area contributed by atoms with Gasteiger partial charge in [0, 0.05) is 64.1 Å². The summed E-state index contributed by atoms with van der Waals surface area (Å²) in [5.74, 6) is 1.67. The molecule has 162 valence electrons. The highest BCUT2D eigenvalue weighted by Gasteiger charge is 2.26. The van der Waals surface area contributed by atoms with Crippen molar-refractivity contribution in [3.8, 4) is 11.4 Å². The Hall–Kier alpha value is -3.11. The van der Waals surface area contributed by atoms with Crippen LogP contribution in [0.25, 0.3) is 11.4 Å². The van der Waals surface area contributed by atoms with E-state index >= 15 is 0 Å². The second-order valence-electron chi connectivity index (χ2n) is 8.04. The first-order chi connectivity index (χ1) is 15.1. The third-order valence-electron chi connectivity index (χ3n) is 5.99. The number of H-pyrrole nitrogens is 1. The number of ether oxygens (including phenoxy) is 1. The van der Waals surface area contributed by atoms with Gasteiger partial charge in [-0.1, -0.05) is 0 Å². The van der Waals surface area contributed by atoms with Crippen molar-refractivity contribution >= 4 is 5.82 Å². The van der Waals surface area contributed by atoms with Crippen molar-refractivity contribution in [3.63, 3.8) is 0 Å². The molecule has 0 atom stereocenters. The van der Waals surface area contributed by atoms with Crippen molar-refractivity contribution in [2.45, 2.75) is 26.4 Å². The van der Waals surface area contributed by atoms with E-state index in [2.05, 4.69) is 36.8 Å². The van der Waals surface area contributed by atoms with Gasteiger partial charge in [0.25, 0.3) is 5.56 Å². The summed E-state index contributed by atoms with van der Waals surface area (Å²) in [6.07, 6.45) is 5.51. The molecule has 0 unspecified atom stereocenters. The van der Waals surface area contributed by atoms with Gasteiger partial charge in [0.2, 0.25) is 0 Å². The predicted molar refractivity (Wildman–Crippen MR) is 115 cm³/mol. The number of hydrogen-bond acceptors (Lipinski definition) is 8. The molecule has 0 aliphatic carbocycles. The Labute approximate surface area is 179 Å².